The molecule has 0 atom stereocenters. The molecule has 0 aliphatic carbocycles. The van der Waals surface area contributed by atoms with Crippen molar-refractivity contribution in [1.82, 2.24) is 4.90 Å². The summed E-state index contributed by atoms with van der Waals surface area (Å²) in [6.45, 7) is 0.948. The van der Waals surface area contributed by atoms with Gasteiger partial charge in [0.15, 0.2) is 11.5 Å². The van der Waals surface area contributed by atoms with Crippen molar-refractivity contribution in [2.75, 3.05) is 31.5 Å². The molecule has 0 radical (unpaired) electrons. The van der Waals surface area contributed by atoms with Crippen LogP contribution in [0.25, 0.3) is 11.3 Å². The van der Waals surface area contributed by atoms with Crippen molar-refractivity contribution in [1.29, 1.82) is 0 Å². The average molecular weight is 458 g/mol. The van der Waals surface area contributed by atoms with Gasteiger partial charge >= 0.3 is 0 Å². The van der Waals surface area contributed by atoms with Crippen LogP contribution in [0.3, 0.4) is 0 Å². The first-order valence-electron chi connectivity index (χ1n) is 10.6. The van der Waals surface area contributed by atoms with Crippen LogP contribution in [0.2, 0.25) is 0 Å². The smallest absolute Gasteiger partial charge is 0.271 e. The number of carbonyl (C=O) groups excluding carboxylic acids is 1. The Kier molecular flexibility index (Phi) is 5.39. The second-order valence-corrected chi connectivity index (χ2v) is 8.32. The Morgan fingerprint density at radius 3 is 2.56 bits per heavy atom. The van der Waals surface area contributed by atoms with E-state index in [0.717, 1.165) is 23.4 Å². The summed E-state index contributed by atoms with van der Waals surface area (Å²) in [5.41, 5.74) is 4.52. The lowest BCUT2D eigenvalue weighted by atomic mass is 9.99. The molecule has 0 bridgehead atoms. The van der Waals surface area contributed by atoms with Crippen molar-refractivity contribution in [2.45, 2.75) is 6.54 Å². The molecule has 2 aliphatic heterocycles. The first-order valence-corrected chi connectivity index (χ1v) is 10.6. The van der Waals surface area contributed by atoms with Crippen molar-refractivity contribution in [3.05, 3.63) is 87.5 Å². The fourth-order valence-corrected chi connectivity index (χ4v) is 4.06. The summed E-state index contributed by atoms with van der Waals surface area (Å²) in [6.07, 6.45) is 0. The summed E-state index contributed by atoms with van der Waals surface area (Å²) < 4.78 is 11.0. The van der Waals surface area contributed by atoms with Crippen LogP contribution in [0, 0.1) is 10.1 Å². The number of carbonyl (C=O) groups is 1. The van der Waals surface area contributed by atoms with Gasteiger partial charge in [-0.1, -0.05) is 12.1 Å². The van der Waals surface area contributed by atoms with Gasteiger partial charge in [-0.15, -0.1) is 0 Å². The zero-order chi connectivity index (χ0) is 23.8. The zero-order valence-electron chi connectivity index (χ0n) is 18.6. The molecule has 0 fully saturated rings. The van der Waals surface area contributed by atoms with Crippen molar-refractivity contribution < 1.29 is 19.2 Å². The van der Waals surface area contributed by atoms with Gasteiger partial charge in [-0.25, -0.2) is 0 Å². The number of anilines is 2. The third kappa shape index (κ3) is 4.04. The van der Waals surface area contributed by atoms with Crippen LogP contribution in [0.5, 0.6) is 11.5 Å². The van der Waals surface area contributed by atoms with Crippen LogP contribution in [0.1, 0.15) is 16.7 Å². The highest BCUT2D eigenvalue weighted by molar-refractivity contribution is 6.37. The van der Waals surface area contributed by atoms with Gasteiger partial charge in [0.1, 0.15) is 0 Å². The molecule has 0 saturated heterocycles. The van der Waals surface area contributed by atoms with E-state index in [2.05, 4.69) is 15.5 Å². The van der Waals surface area contributed by atoms with Crippen LogP contribution >= 0.6 is 0 Å². The fraction of sp³-hybridized carbons (Fsp3) is 0.160. The van der Waals surface area contributed by atoms with Crippen LogP contribution < -0.4 is 20.1 Å². The summed E-state index contributed by atoms with van der Waals surface area (Å²) in [4.78, 5) is 25.9. The standard InChI is InChI=1S/C25H22N4O5/c1-28(2)13-15-3-6-17(7-4-15)26-24(16-5-10-21-22(11-16)34-14-33-21)23-19-9-8-18(29(31)32)12-20(19)27-25(23)30/h3-12,26H,13-14H2,1-2H3,(H,27,30)/b24-23-. The van der Waals surface area contributed by atoms with Gasteiger partial charge in [0, 0.05) is 35.5 Å². The fourth-order valence-electron chi connectivity index (χ4n) is 4.06. The number of nitro benzene ring substituents is 1. The van der Waals surface area contributed by atoms with E-state index in [1.165, 1.54) is 12.1 Å². The van der Waals surface area contributed by atoms with Gasteiger partial charge in [0.2, 0.25) is 6.79 Å². The molecule has 3 aromatic rings. The maximum atomic E-state index is 13.1. The Morgan fingerprint density at radius 1 is 1.06 bits per heavy atom. The minimum Gasteiger partial charge on any atom is -0.454 e. The number of ether oxygens (including phenoxy) is 2. The number of fused-ring (bicyclic) bond motifs is 2. The van der Waals surface area contributed by atoms with E-state index in [1.54, 1.807) is 12.1 Å². The molecule has 9 nitrogen and oxygen atoms in total. The van der Waals surface area contributed by atoms with Gasteiger partial charge in [-0.05, 0) is 56.1 Å². The van der Waals surface area contributed by atoms with Crippen molar-refractivity contribution >= 4 is 34.2 Å². The van der Waals surface area contributed by atoms with E-state index in [4.69, 9.17) is 9.47 Å². The number of hydrogen-bond acceptors (Lipinski definition) is 7. The van der Waals surface area contributed by atoms with E-state index >= 15 is 0 Å². The summed E-state index contributed by atoms with van der Waals surface area (Å²) in [5, 5.41) is 17.4. The first kappa shape index (κ1) is 21.5. The molecule has 2 aliphatic rings. The molecule has 2 N–H and O–H groups in total. The van der Waals surface area contributed by atoms with E-state index < -0.39 is 4.92 Å². The topological polar surface area (TPSA) is 106 Å². The number of nitrogens with zero attached hydrogens (tertiary/aromatic N) is 2. The number of nitro groups is 1. The van der Waals surface area contributed by atoms with Gasteiger partial charge in [-0.2, -0.15) is 0 Å². The van der Waals surface area contributed by atoms with Crippen molar-refractivity contribution in [3.63, 3.8) is 0 Å². The predicted octanol–water partition coefficient (Wildman–Crippen LogP) is 4.32. The van der Waals surface area contributed by atoms with Gasteiger partial charge in [-0.3, -0.25) is 14.9 Å². The minimum absolute atomic E-state index is 0.0885. The molecule has 2 heterocycles. The molecule has 0 aromatic heterocycles. The zero-order valence-corrected chi connectivity index (χ0v) is 18.6. The number of benzene rings is 3. The largest absolute Gasteiger partial charge is 0.454 e. The molecule has 5 rings (SSSR count). The lowest BCUT2D eigenvalue weighted by molar-refractivity contribution is -0.384. The van der Waals surface area contributed by atoms with E-state index in [9.17, 15) is 14.9 Å². The minimum atomic E-state index is -0.486. The van der Waals surface area contributed by atoms with Gasteiger partial charge in [0.25, 0.3) is 11.6 Å². The third-order valence-electron chi connectivity index (χ3n) is 5.59. The molecular weight excluding hydrogens is 436 g/mol. The summed E-state index contributed by atoms with van der Waals surface area (Å²) in [6, 6.07) is 17.8. The molecule has 34 heavy (non-hydrogen) atoms. The molecular formula is C25H22N4O5. The molecule has 3 aromatic carbocycles. The first-order chi connectivity index (χ1) is 16.4. The Labute approximate surface area is 195 Å². The molecule has 0 saturated carbocycles. The number of rotatable bonds is 6. The highest BCUT2D eigenvalue weighted by Crippen LogP contribution is 2.41. The Balaban J connectivity index is 1.61. The van der Waals surface area contributed by atoms with Crippen LogP contribution in [-0.4, -0.2) is 36.6 Å². The maximum absolute atomic E-state index is 13.1. The molecule has 0 spiro atoms. The lowest BCUT2D eigenvalue weighted by Gasteiger charge is -2.16. The van der Waals surface area contributed by atoms with Gasteiger partial charge in [0.05, 0.1) is 21.9 Å². The highest BCUT2D eigenvalue weighted by Gasteiger charge is 2.30. The second kappa shape index (κ2) is 8.53. The second-order valence-electron chi connectivity index (χ2n) is 8.32. The van der Waals surface area contributed by atoms with E-state index in [1.807, 2.05) is 50.5 Å². The van der Waals surface area contributed by atoms with Gasteiger partial charge < -0.3 is 25.0 Å². The monoisotopic (exact) mass is 458 g/mol. The maximum Gasteiger partial charge on any atom is 0.271 e. The summed E-state index contributed by atoms with van der Waals surface area (Å²) >= 11 is 0. The van der Waals surface area contributed by atoms with Crippen molar-refractivity contribution in [3.8, 4) is 11.5 Å². The average Bonchev–Trinajstić information content (AvgIpc) is 3.40. The lowest BCUT2D eigenvalue weighted by Crippen LogP contribution is -2.11. The van der Waals surface area contributed by atoms with E-state index in [-0.39, 0.29) is 18.4 Å². The number of non-ortho nitro benzene ring substituents is 1. The quantitative estimate of drug-likeness (QED) is 0.322. The van der Waals surface area contributed by atoms with Crippen molar-refractivity contribution in [2.24, 2.45) is 0 Å². The molecule has 0 unspecified atom stereocenters. The van der Waals surface area contributed by atoms with Crippen LogP contribution in [0.4, 0.5) is 17.1 Å². The van der Waals surface area contributed by atoms with Crippen LogP contribution in [-0.2, 0) is 11.3 Å². The predicted molar refractivity (Wildman–Crippen MR) is 129 cm³/mol. The number of hydrogen-bond donors (Lipinski definition) is 2. The Morgan fingerprint density at radius 2 is 1.82 bits per heavy atom. The molecule has 9 heteroatoms. The summed E-state index contributed by atoms with van der Waals surface area (Å²) in [5.74, 6) is 0.869. The van der Waals surface area contributed by atoms with Crippen LogP contribution in [0.15, 0.2) is 60.7 Å². The molecule has 172 valence electrons. The normalized spacial score (nSPS) is 15.2. The molecule has 1 amide bonds. The number of amides is 1. The third-order valence-corrected chi connectivity index (χ3v) is 5.59. The SMILES string of the molecule is CN(C)Cc1ccc(N/C(=C2\C(=O)Nc3cc([N+](=O)[O-])ccc32)c2ccc3c(c2)OCO3)cc1. The van der Waals surface area contributed by atoms with E-state index in [0.29, 0.717) is 34.0 Å². The Hall–Kier alpha value is -4.37. The number of nitrogens with one attached hydrogen (secondary N) is 2. The summed E-state index contributed by atoms with van der Waals surface area (Å²) in [7, 11) is 4.02. The highest BCUT2D eigenvalue weighted by atomic mass is 16.7. The Bertz CT molecular complexity index is 1330.